The summed E-state index contributed by atoms with van der Waals surface area (Å²) in [4.78, 5) is 7.14. The second-order valence-electron chi connectivity index (χ2n) is 3.21. The summed E-state index contributed by atoms with van der Waals surface area (Å²) in [5.74, 6) is 0.00228. The first kappa shape index (κ1) is 10.4. The number of aromatic nitrogens is 2. The molecule has 1 aromatic heterocycles. The van der Waals surface area contributed by atoms with Crippen LogP contribution >= 0.6 is 11.8 Å². The predicted molar refractivity (Wildman–Crippen MR) is 58.1 cm³/mol. The van der Waals surface area contributed by atoms with Crippen LogP contribution in [0.15, 0.2) is 12.1 Å². The lowest BCUT2D eigenvalue weighted by molar-refractivity contribution is 0.510. The molecule has 5 heteroatoms. The number of halogens is 2. The van der Waals surface area contributed by atoms with E-state index < -0.39 is 11.6 Å². The van der Waals surface area contributed by atoms with E-state index in [0.29, 0.717) is 11.0 Å². The molecule has 2 rings (SSSR count). The Labute approximate surface area is 90.1 Å². The van der Waals surface area contributed by atoms with Crippen LogP contribution in [-0.4, -0.2) is 22.0 Å². The van der Waals surface area contributed by atoms with E-state index in [1.165, 1.54) is 0 Å². The summed E-state index contributed by atoms with van der Waals surface area (Å²) >= 11 is 1.70. The molecule has 0 amide bonds. The normalized spacial score (nSPS) is 11.1. The number of rotatable bonds is 3. The van der Waals surface area contributed by atoms with E-state index in [-0.39, 0.29) is 0 Å². The first-order valence-corrected chi connectivity index (χ1v) is 5.92. The highest BCUT2D eigenvalue weighted by atomic mass is 32.2. The average molecular weight is 228 g/mol. The Morgan fingerprint density at radius 1 is 1.33 bits per heavy atom. The molecule has 0 spiro atoms. The summed E-state index contributed by atoms with van der Waals surface area (Å²) < 4.78 is 25.8. The highest BCUT2D eigenvalue weighted by Gasteiger charge is 2.08. The number of aromatic amines is 1. The van der Waals surface area contributed by atoms with Crippen LogP contribution in [0.5, 0.6) is 0 Å². The monoisotopic (exact) mass is 228 g/mol. The minimum Gasteiger partial charge on any atom is -0.342 e. The molecule has 2 aromatic rings. The summed E-state index contributed by atoms with van der Waals surface area (Å²) in [7, 11) is 0. The van der Waals surface area contributed by atoms with Gasteiger partial charge in [-0.3, -0.25) is 0 Å². The molecule has 0 unspecified atom stereocenters. The van der Waals surface area contributed by atoms with Gasteiger partial charge in [0.1, 0.15) is 5.82 Å². The van der Waals surface area contributed by atoms with E-state index in [1.807, 2.05) is 6.26 Å². The number of nitrogens with one attached hydrogen (secondary N) is 1. The van der Waals surface area contributed by atoms with Crippen molar-refractivity contribution in [3.8, 4) is 0 Å². The Bertz CT molecular complexity index is 442. The molecule has 0 atom stereocenters. The molecule has 1 heterocycles. The molecule has 2 nitrogen and oxygen atoms in total. The zero-order chi connectivity index (χ0) is 10.8. The molecule has 0 aliphatic carbocycles. The lowest BCUT2D eigenvalue weighted by Gasteiger charge is -1.91. The molecule has 1 aromatic carbocycles. The first-order chi connectivity index (χ1) is 7.20. The fraction of sp³-hybridized carbons (Fsp3) is 0.300. The van der Waals surface area contributed by atoms with E-state index in [1.54, 1.807) is 11.8 Å². The van der Waals surface area contributed by atoms with Gasteiger partial charge in [-0.25, -0.2) is 13.8 Å². The molecule has 0 aliphatic heterocycles. The van der Waals surface area contributed by atoms with Crippen molar-refractivity contribution >= 4 is 22.8 Å². The van der Waals surface area contributed by atoms with Crippen molar-refractivity contribution < 1.29 is 8.78 Å². The van der Waals surface area contributed by atoms with Crippen LogP contribution in [0.3, 0.4) is 0 Å². The van der Waals surface area contributed by atoms with Crippen LogP contribution in [0.2, 0.25) is 0 Å². The Morgan fingerprint density at radius 3 is 2.80 bits per heavy atom. The lowest BCUT2D eigenvalue weighted by atomic mass is 10.3. The largest absolute Gasteiger partial charge is 0.342 e. The number of H-pyrrole nitrogens is 1. The maximum Gasteiger partial charge on any atom is 0.161 e. The highest BCUT2D eigenvalue weighted by Crippen LogP contribution is 2.16. The molecular weight excluding hydrogens is 218 g/mol. The van der Waals surface area contributed by atoms with Gasteiger partial charge in [-0.2, -0.15) is 11.8 Å². The first-order valence-electron chi connectivity index (χ1n) is 4.53. The van der Waals surface area contributed by atoms with Crippen molar-refractivity contribution in [2.75, 3.05) is 12.0 Å². The van der Waals surface area contributed by atoms with Crippen molar-refractivity contribution in [1.82, 2.24) is 9.97 Å². The van der Waals surface area contributed by atoms with Crippen LogP contribution in [0, 0.1) is 11.6 Å². The molecule has 0 saturated heterocycles. The summed E-state index contributed by atoms with van der Waals surface area (Å²) in [6, 6.07) is 2.25. The fourth-order valence-electron chi connectivity index (χ4n) is 1.37. The number of hydrogen-bond acceptors (Lipinski definition) is 2. The number of thioether (sulfide) groups is 1. The van der Waals surface area contributed by atoms with Gasteiger partial charge in [0.2, 0.25) is 0 Å². The summed E-state index contributed by atoms with van der Waals surface area (Å²) in [6.07, 6.45) is 2.78. The lowest BCUT2D eigenvalue weighted by Crippen LogP contribution is -1.89. The minimum absolute atomic E-state index is 0.477. The molecule has 1 N–H and O–H groups in total. The maximum atomic E-state index is 12.9. The van der Waals surface area contributed by atoms with E-state index in [2.05, 4.69) is 9.97 Å². The fourth-order valence-corrected chi connectivity index (χ4v) is 1.77. The van der Waals surface area contributed by atoms with Gasteiger partial charge in [0.05, 0.1) is 11.0 Å². The summed E-state index contributed by atoms with van der Waals surface area (Å²) in [6.45, 7) is 0. The van der Waals surface area contributed by atoms with Crippen molar-refractivity contribution in [2.24, 2.45) is 0 Å². The van der Waals surface area contributed by atoms with Gasteiger partial charge in [0.15, 0.2) is 11.6 Å². The van der Waals surface area contributed by atoms with Crippen LogP contribution in [-0.2, 0) is 6.42 Å². The van der Waals surface area contributed by atoms with Gasteiger partial charge >= 0.3 is 0 Å². The third-order valence-corrected chi connectivity index (χ3v) is 2.73. The molecule has 15 heavy (non-hydrogen) atoms. The van der Waals surface area contributed by atoms with Gasteiger partial charge in [-0.05, 0) is 6.26 Å². The molecule has 0 bridgehead atoms. The SMILES string of the molecule is CSCCc1nc2cc(F)c(F)cc2[nH]1. The van der Waals surface area contributed by atoms with Crippen LogP contribution in [0.25, 0.3) is 11.0 Å². The summed E-state index contributed by atoms with van der Waals surface area (Å²) in [5.41, 5.74) is 1.02. The number of imidazole rings is 1. The van der Waals surface area contributed by atoms with Crippen LogP contribution < -0.4 is 0 Å². The van der Waals surface area contributed by atoms with Gasteiger partial charge in [-0.15, -0.1) is 0 Å². The average Bonchev–Trinajstić information content (AvgIpc) is 2.58. The van der Waals surface area contributed by atoms with Crippen molar-refractivity contribution in [3.05, 3.63) is 29.6 Å². The number of benzene rings is 1. The van der Waals surface area contributed by atoms with Crippen LogP contribution in [0.1, 0.15) is 5.82 Å². The second kappa shape index (κ2) is 4.18. The molecule has 0 aliphatic rings. The third-order valence-electron chi connectivity index (χ3n) is 2.12. The number of aryl methyl sites for hydroxylation is 1. The van der Waals surface area contributed by atoms with Crippen molar-refractivity contribution in [1.29, 1.82) is 0 Å². The topological polar surface area (TPSA) is 28.7 Å². The predicted octanol–water partition coefficient (Wildman–Crippen LogP) is 2.75. The van der Waals surface area contributed by atoms with Gasteiger partial charge < -0.3 is 4.98 Å². The zero-order valence-corrected chi connectivity index (χ0v) is 9.00. The molecule has 0 saturated carbocycles. The highest BCUT2D eigenvalue weighted by molar-refractivity contribution is 7.98. The van der Waals surface area contributed by atoms with Gasteiger partial charge in [0, 0.05) is 24.3 Å². The Kier molecular flexibility index (Phi) is 2.90. The van der Waals surface area contributed by atoms with E-state index >= 15 is 0 Å². The molecule has 0 radical (unpaired) electrons. The van der Waals surface area contributed by atoms with Crippen LogP contribution in [0.4, 0.5) is 8.78 Å². The number of hydrogen-bond donors (Lipinski definition) is 1. The zero-order valence-electron chi connectivity index (χ0n) is 8.18. The van der Waals surface area contributed by atoms with Gasteiger partial charge in [-0.1, -0.05) is 0 Å². The number of fused-ring (bicyclic) bond motifs is 1. The second-order valence-corrected chi connectivity index (χ2v) is 4.20. The maximum absolute atomic E-state index is 12.9. The number of nitrogens with zero attached hydrogens (tertiary/aromatic N) is 1. The Balaban J connectivity index is 2.38. The molecule has 80 valence electrons. The minimum atomic E-state index is -0.856. The standard InChI is InChI=1S/C10H10F2N2S/c1-15-3-2-10-13-8-4-6(11)7(12)5-9(8)14-10/h4-5H,2-3H2,1H3,(H,13,14). The molecule has 0 fully saturated rings. The van der Waals surface area contributed by atoms with E-state index in [4.69, 9.17) is 0 Å². The van der Waals surface area contributed by atoms with Crippen molar-refractivity contribution in [2.45, 2.75) is 6.42 Å². The smallest absolute Gasteiger partial charge is 0.161 e. The van der Waals surface area contributed by atoms with E-state index in [0.717, 1.165) is 30.1 Å². The quantitative estimate of drug-likeness (QED) is 0.875. The summed E-state index contributed by atoms with van der Waals surface area (Å²) in [5, 5.41) is 0. The Hall–Kier alpha value is -1.10. The van der Waals surface area contributed by atoms with E-state index in [9.17, 15) is 8.78 Å². The molecular formula is C10H10F2N2S. The Morgan fingerprint density at radius 2 is 2.07 bits per heavy atom. The van der Waals surface area contributed by atoms with Gasteiger partial charge in [0.25, 0.3) is 0 Å². The van der Waals surface area contributed by atoms with Crippen molar-refractivity contribution in [3.63, 3.8) is 0 Å². The third kappa shape index (κ3) is 2.12.